The molecule has 2 heterocycles. The van der Waals surface area contributed by atoms with E-state index < -0.39 is 11.9 Å². The first-order chi connectivity index (χ1) is 15.3. The summed E-state index contributed by atoms with van der Waals surface area (Å²) in [6, 6.07) is 3.93. The first-order valence-corrected chi connectivity index (χ1v) is 10.8. The average molecular weight is 462 g/mol. The molecule has 1 unspecified atom stereocenters. The molecule has 1 atom stereocenters. The average Bonchev–Trinajstić information content (AvgIpc) is 3.11. The first kappa shape index (κ1) is 23.4. The molecule has 2 amide bonds. The molecule has 0 fully saturated rings. The molecule has 11 heteroatoms. The molecule has 0 saturated heterocycles. The monoisotopic (exact) mass is 461 g/mol. The highest BCUT2D eigenvalue weighted by atomic mass is 32.1. The molecule has 3 aromatic rings. The second kappa shape index (κ2) is 10.3. The number of aliphatic hydroxyl groups excluding tert-OH is 1. The molecular formula is C21H24FN5O4S. The van der Waals surface area contributed by atoms with Crippen LogP contribution in [0, 0.1) is 12.7 Å². The number of ether oxygens (including phenoxy) is 1. The number of fused-ring (bicyclic) bond motifs is 1. The molecular weight excluding hydrogens is 437 g/mol. The Kier molecular flexibility index (Phi) is 7.54. The molecule has 0 aliphatic rings. The van der Waals surface area contributed by atoms with Crippen molar-refractivity contribution in [1.29, 1.82) is 0 Å². The number of hydrogen-bond donors (Lipinski definition) is 4. The smallest absolute Gasteiger partial charge is 0.261 e. The van der Waals surface area contributed by atoms with Gasteiger partial charge in [-0.15, -0.1) is 11.3 Å². The summed E-state index contributed by atoms with van der Waals surface area (Å²) in [5.41, 5.74) is 1.07. The molecule has 9 nitrogen and oxygen atoms in total. The number of carbonyl (C=O) groups excluding carboxylic acids is 2. The van der Waals surface area contributed by atoms with Crippen molar-refractivity contribution in [1.82, 2.24) is 20.6 Å². The van der Waals surface area contributed by atoms with Crippen molar-refractivity contribution in [2.75, 3.05) is 25.0 Å². The van der Waals surface area contributed by atoms with Crippen molar-refractivity contribution in [2.24, 2.45) is 0 Å². The molecule has 0 aliphatic heterocycles. The van der Waals surface area contributed by atoms with Crippen LogP contribution < -0.4 is 20.7 Å². The van der Waals surface area contributed by atoms with Crippen LogP contribution in [0.5, 0.6) is 5.75 Å². The van der Waals surface area contributed by atoms with E-state index in [0.29, 0.717) is 38.7 Å². The van der Waals surface area contributed by atoms with Gasteiger partial charge < -0.3 is 25.8 Å². The van der Waals surface area contributed by atoms with Gasteiger partial charge in [-0.25, -0.2) is 14.4 Å². The molecule has 170 valence electrons. The third-order valence-electron chi connectivity index (χ3n) is 4.55. The number of carbonyl (C=O) groups is 2. The molecule has 4 N–H and O–H groups in total. The summed E-state index contributed by atoms with van der Waals surface area (Å²) >= 11 is 1.20. The van der Waals surface area contributed by atoms with E-state index in [1.807, 2.05) is 0 Å². The fourth-order valence-corrected chi connectivity index (χ4v) is 4.08. The zero-order chi connectivity index (χ0) is 23.3. The number of nitrogens with one attached hydrogen (secondary N) is 3. The topological polar surface area (TPSA) is 125 Å². The Bertz CT molecular complexity index is 1140. The largest absolute Gasteiger partial charge is 0.479 e. The summed E-state index contributed by atoms with van der Waals surface area (Å²) in [6.07, 6.45) is 0.518. The Hall–Kier alpha value is -3.31. The van der Waals surface area contributed by atoms with Crippen molar-refractivity contribution in [2.45, 2.75) is 26.9 Å². The van der Waals surface area contributed by atoms with Gasteiger partial charge in [0.2, 0.25) is 0 Å². The third-order valence-corrected chi connectivity index (χ3v) is 5.75. The molecule has 0 bridgehead atoms. The van der Waals surface area contributed by atoms with Gasteiger partial charge in [0.25, 0.3) is 11.8 Å². The molecule has 0 aliphatic carbocycles. The standard InChI is InChI=1S/C21H24FN5O4S/c1-4-23-19(29)12(3)31-15-9-13(22)5-6-14(15)27-18-16-11(2)17(20(30)24-7-8-28)32-21(16)26-10-25-18/h5-6,9-10,12,28H,4,7-8H2,1-3H3,(H,23,29)(H,24,30)(H,25,26,27). The summed E-state index contributed by atoms with van der Waals surface area (Å²) in [4.78, 5) is 34.0. The van der Waals surface area contributed by atoms with Crippen LogP contribution in [-0.4, -0.2) is 52.7 Å². The van der Waals surface area contributed by atoms with Gasteiger partial charge in [0.05, 0.1) is 22.6 Å². The van der Waals surface area contributed by atoms with Crippen LogP contribution in [-0.2, 0) is 4.79 Å². The summed E-state index contributed by atoms with van der Waals surface area (Å²) in [6.45, 7) is 5.57. The van der Waals surface area contributed by atoms with E-state index in [1.54, 1.807) is 20.8 Å². The Morgan fingerprint density at radius 1 is 1.28 bits per heavy atom. The Labute approximate surface area is 188 Å². The van der Waals surface area contributed by atoms with Crippen molar-refractivity contribution in [3.63, 3.8) is 0 Å². The Morgan fingerprint density at radius 3 is 2.78 bits per heavy atom. The predicted molar refractivity (Wildman–Crippen MR) is 120 cm³/mol. The van der Waals surface area contributed by atoms with E-state index in [4.69, 9.17) is 9.84 Å². The van der Waals surface area contributed by atoms with Crippen molar-refractivity contribution in [3.05, 3.63) is 40.8 Å². The fourth-order valence-electron chi connectivity index (χ4n) is 3.02. The van der Waals surface area contributed by atoms with Gasteiger partial charge in [-0.3, -0.25) is 9.59 Å². The lowest BCUT2D eigenvalue weighted by Crippen LogP contribution is -2.36. The number of likely N-dealkylation sites (N-methyl/N-ethyl adjacent to an activating group) is 1. The number of aliphatic hydroxyl groups is 1. The number of aryl methyl sites for hydroxylation is 1. The summed E-state index contributed by atoms with van der Waals surface area (Å²) < 4.78 is 19.6. The van der Waals surface area contributed by atoms with Gasteiger partial charge in [0.1, 0.15) is 28.5 Å². The zero-order valence-electron chi connectivity index (χ0n) is 17.9. The number of anilines is 2. The van der Waals surface area contributed by atoms with E-state index in [0.717, 1.165) is 0 Å². The lowest BCUT2D eigenvalue weighted by Gasteiger charge is -2.18. The van der Waals surface area contributed by atoms with Crippen LogP contribution in [0.15, 0.2) is 24.5 Å². The van der Waals surface area contributed by atoms with E-state index in [9.17, 15) is 14.0 Å². The number of benzene rings is 1. The highest BCUT2D eigenvalue weighted by Crippen LogP contribution is 2.36. The molecule has 3 rings (SSSR count). The van der Waals surface area contributed by atoms with Crippen molar-refractivity contribution < 1.29 is 23.8 Å². The summed E-state index contributed by atoms with van der Waals surface area (Å²) in [5.74, 6) is -0.598. The molecule has 0 saturated carbocycles. The third kappa shape index (κ3) is 5.11. The molecule has 2 aromatic heterocycles. The minimum absolute atomic E-state index is 0.142. The normalized spacial score (nSPS) is 11.8. The second-order valence-corrected chi connectivity index (χ2v) is 7.86. The van der Waals surface area contributed by atoms with Gasteiger partial charge in [-0.1, -0.05) is 0 Å². The SMILES string of the molecule is CCNC(=O)C(C)Oc1cc(F)ccc1Nc1ncnc2sc(C(=O)NCCO)c(C)c12. The van der Waals surface area contributed by atoms with Crippen LogP contribution in [0.1, 0.15) is 29.1 Å². The van der Waals surface area contributed by atoms with E-state index >= 15 is 0 Å². The lowest BCUT2D eigenvalue weighted by atomic mass is 10.2. The number of hydrogen-bond acceptors (Lipinski definition) is 8. The van der Waals surface area contributed by atoms with Crippen LogP contribution >= 0.6 is 11.3 Å². The highest BCUT2D eigenvalue weighted by Gasteiger charge is 2.21. The predicted octanol–water partition coefficient (Wildman–Crippen LogP) is 2.51. The van der Waals surface area contributed by atoms with Gasteiger partial charge in [-0.05, 0) is 38.5 Å². The van der Waals surface area contributed by atoms with Gasteiger partial charge in [0, 0.05) is 19.2 Å². The maximum atomic E-state index is 13.9. The van der Waals surface area contributed by atoms with Gasteiger partial charge in [-0.2, -0.15) is 0 Å². The Balaban J connectivity index is 1.95. The number of halogens is 1. The molecule has 0 radical (unpaired) electrons. The fraction of sp³-hybridized carbons (Fsp3) is 0.333. The second-order valence-electron chi connectivity index (χ2n) is 6.86. The van der Waals surface area contributed by atoms with Crippen molar-refractivity contribution in [3.8, 4) is 5.75 Å². The quantitative estimate of drug-likeness (QED) is 0.386. The molecule has 0 spiro atoms. The Morgan fingerprint density at radius 2 is 2.06 bits per heavy atom. The molecule has 32 heavy (non-hydrogen) atoms. The van der Waals surface area contributed by atoms with E-state index in [-0.39, 0.29) is 30.7 Å². The first-order valence-electron chi connectivity index (χ1n) is 9.99. The maximum Gasteiger partial charge on any atom is 0.261 e. The van der Waals surface area contributed by atoms with Crippen molar-refractivity contribution >= 4 is 44.9 Å². The number of amides is 2. The minimum atomic E-state index is -0.840. The van der Waals surface area contributed by atoms with E-state index in [1.165, 1.54) is 35.9 Å². The van der Waals surface area contributed by atoms with Crippen LogP contribution in [0.3, 0.4) is 0 Å². The van der Waals surface area contributed by atoms with Gasteiger partial charge in [0.15, 0.2) is 6.10 Å². The zero-order valence-corrected chi connectivity index (χ0v) is 18.7. The van der Waals surface area contributed by atoms with Crippen LogP contribution in [0.2, 0.25) is 0 Å². The maximum absolute atomic E-state index is 13.9. The highest BCUT2D eigenvalue weighted by molar-refractivity contribution is 7.20. The van der Waals surface area contributed by atoms with Gasteiger partial charge >= 0.3 is 0 Å². The number of aromatic nitrogens is 2. The number of rotatable bonds is 9. The summed E-state index contributed by atoms with van der Waals surface area (Å²) in [5, 5.41) is 18.0. The van der Waals surface area contributed by atoms with Crippen LogP contribution in [0.25, 0.3) is 10.2 Å². The van der Waals surface area contributed by atoms with E-state index in [2.05, 4.69) is 25.9 Å². The van der Waals surface area contributed by atoms with Crippen LogP contribution in [0.4, 0.5) is 15.9 Å². The number of thiophene rings is 1. The minimum Gasteiger partial charge on any atom is -0.479 e. The lowest BCUT2D eigenvalue weighted by molar-refractivity contribution is -0.127. The number of nitrogens with zero attached hydrogens (tertiary/aromatic N) is 2. The molecule has 1 aromatic carbocycles. The summed E-state index contributed by atoms with van der Waals surface area (Å²) in [7, 11) is 0.